The zero-order chi connectivity index (χ0) is 19.4. The lowest BCUT2D eigenvalue weighted by atomic mass is 10.1. The van der Waals surface area contributed by atoms with Gasteiger partial charge in [0, 0.05) is 5.02 Å². The molecule has 3 aromatic rings. The fourth-order valence-corrected chi connectivity index (χ4v) is 2.63. The second-order valence-electron chi connectivity index (χ2n) is 5.48. The number of rotatable bonds is 4. The van der Waals surface area contributed by atoms with Crippen molar-refractivity contribution in [2.45, 2.75) is 0 Å². The number of para-hydroxylation sites is 2. The molecule has 0 aliphatic heterocycles. The molecule has 1 heterocycles. The van der Waals surface area contributed by atoms with Gasteiger partial charge in [0.1, 0.15) is 29.2 Å². The third-order valence-corrected chi connectivity index (χ3v) is 4.02. The largest absolute Gasteiger partial charge is 0.495 e. The molecule has 0 saturated heterocycles. The maximum atomic E-state index is 12.6. The van der Waals surface area contributed by atoms with Crippen LogP contribution in [0, 0.1) is 11.3 Å². The number of anilines is 1. The van der Waals surface area contributed by atoms with E-state index in [0.29, 0.717) is 22.0 Å². The zero-order valence-corrected chi connectivity index (χ0v) is 14.9. The van der Waals surface area contributed by atoms with E-state index in [-0.39, 0.29) is 16.5 Å². The highest BCUT2D eigenvalue weighted by Gasteiger charge is 2.14. The average molecular weight is 381 g/mol. The molecule has 0 saturated carbocycles. The molecule has 6 nitrogen and oxygen atoms in total. The van der Waals surface area contributed by atoms with Gasteiger partial charge in [0.05, 0.1) is 23.7 Å². The van der Waals surface area contributed by atoms with Gasteiger partial charge in [0.25, 0.3) is 5.91 Å². The van der Waals surface area contributed by atoms with Crippen molar-refractivity contribution in [1.29, 1.82) is 5.26 Å². The maximum Gasteiger partial charge on any atom is 0.266 e. The van der Waals surface area contributed by atoms with Crippen molar-refractivity contribution in [1.82, 2.24) is 0 Å². The highest BCUT2D eigenvalue weighted by Crippen LogP contribution is 2.24. The van der Waals surface area contributed by atoms with Crippen LogP contribution in [-0.4, -0.2) is 13.0 Å². The molecule has 1 aromatic heterocycles. The SMILES string of the molecule is COc1ccccc1NC(=O)C(C#N)=Cc1coc2ccc(Cl)cc2c1=O. The van der Waals surface area contributed by atoms with E-state index in [1.807, 2.05) is 0 Å². The molecule has 0 aliphatic carbocycles. The average Bonchev–Trinajstić information content (AvgIpc) is 2.68. The molecule has 1 amide bonds. The smallest absolute Gasteiger partial charge is 0.266 e. The highest BCUT2D eigenvalue weighted by atomic mass is 35.5. The normalized spacial score (nSPS) is 11.1. The number of halogens is 1. The summed E-state index contributed by atoms with van der Waals surface area (Å²) in [6.07, 6.45) is 2.38. The quantitative estimate of drug-likeness (QED) is 0.545. The van der Waals surface area contributed by atoms with Crippen LogP contribution in [0.3, 0.4) is 0 Å². The Morgan fingerprint density at radius 1 is 1.30 bits per heavy atom. The molecule has 0 bridgehead atoms. The monoisotopic (exact) mass is 380 g/mol. The van der Waals surface area contributed by atoms with Gasteiger partial charge in [-0.2, -0.15) is 5.26 Å². The van der Waals surface area contributed by atoms with Gasteiger partial charge in [0.2, 0.25) is 0 Å². The number of hydrogen-bond donors (Lipinski definition) is 1. The number of carbonyl (C=O) groups is 1. The van der Waals surface area contributed by atoms with Gasteiger partial charge in [-0.05, 0) is 36.4 Å². The minimum Gasteiger partial charge on any atom is -0.495 e. The number of hydrogen-bond acceptors (Lipinski definition) is 5. The predicted molar refractivity (Wildman–Crippen MR) is 103 cm³/mol. The first-order valence-corrected chi connectivity index (χ1v) is 8.18. The van der Waals surface area contributed by atoms with Crippen molar-refractivity contribution in [3.8, 4) is 11.8 Å². The van der Waals surface area contributed by atoms with Gasteiger partial charge in [-0.15, -0.1) is 0 Å². The minimum atomic E-state index is -0.674. The van der Waals surface area contributed by atoms with Gasteiger partial charge in [0.15, 0.2) is 5.43 Å². The molecule has 0 atom stereocenters. The molecule has 0 unspecified atom stereocenters. The van der Waals surface area contributed by atoms with E-state index in [2.05, 4.69) is 5.32 Å². The molecule has 3 rings (SSSR count). The van der Waals surface area contributed by atoms with Crippen molar-refractivity contribution < 1.29 is 13.9 Å². The lowest BCUT2D eigenvalue weighted by molar-refractivity contribution is -0.112. The minimum absolute atomic E-state index is 0.0662. The van der Waals surface area contributed by atoms with Crippen molar-refractivity contribution in [2.75, 3.05) is 12.4 Å². The third kappa shape index (κ3) is 3.84. The third-order valence-electron chi connectivity index (χ3n) is 3.78. The number of fused-ring (bicyclic) bond motifs is 1. The van der Waals surface area contributed by atoms with E-state index in [1.54, 1.807) is 42.5 Å². The van der Waals surface area contributed by atoms with E-state index in [4.69, 9.17) is 20.8 Å². The number of nitrogens with zero attached hydrogens (tertiary/aromatic N) is 1. The lowest BCUT2D eigenvalue weighted by Crippen LogP contribution is -2.15. The molecule has 1 N–H and O–H groups in total. The van der Waals surface area contributed by atoms with E-state index >= 15 is 0 Å². The van der Waals surface area contributed by atoms with Gasteiger partial charge in [-0.3, -0.25) is 9.59 Å². The fourth-order valence-electron chi connectivity index (χ4n) is 2.46. The first kappa shape index (κ1) is 18.2. The van der Waals surface area contributed by atoms with E-state index in [9.17, 15) is 14.9 Å². The Balaban J connectivity index is 1.98. The van der Waals surface area contributed by atoms with Crippen LogP contribution < -0.4 is 15.5 Å². The Labute approximate surface area is 159 Å². The van der Waals surface area contributed by atoms with Crippen molar-refractivity contribution in [3.05, 3.63) is 75.1 Å². The summed E-state index contributed by atoms with van der Waals surface area (Å²) in [6.45, 7) is 0. The first-order chi connectivity index (χ1) is 13.0. The summed E-state index contributed by atoms with van der Waals surface area (Å²) >= 11 is 5.92. The van der Waals surface area contributed by atoms with Crippen LogP contribution in [0.1, 0.15) is 5.56 Å². The summed E-state index contributed by atoms with van der Waals surface area (Å²) in [5.41, 5.74) is 0.185. The highest BCUT2D eigenvalue weighted by molar-refractivity contribution is 6.31. The number of carbonyl (C=O) groups excluding carboxylic acids is 1. The van der Waals surface area contributed by atoms with Crippen LogP contribution in [0.2, 0.25) is 5.02 Å². The molecular weight excluding hydrogens is 368 g/mol. The predicted octanol–water partition coefficient (Wildman–Crippen LogP) is 4.00. The van der Waals surface area contributed by atoms with Gasteiger partial charge >= 0.3 is 0 Å². The molecule has 0 spiro atoms. The van der Waals surface area contributed by atoms with Crippen LogP contribution >= 0.6 is 11.6 Å². The number of benzene rings is 2. The molecule has 0 fully saturated rings. The van der Waals surface area contributed by atoms with E-state index < -0.39 is 11.3 Å². The topological polar surface area (TPSA) is 92.3 Å². The Kier molecular flexibility index (Phi) is 5.25. The summed E-state index contributed by atoms with van der Waals surface area (Å²) in [5.74, 6) is -0.226. The summed E-state index contributed by atoms with van der Waals surface area (Å²) < 4.78 is 10.6. The van der Waals surface area contributed by atoms with Crippen molar-refractivity contribution in [2.24, 2.45) is 0 Å². The van der Waals surface area contributed by atoms with Crippen LogP contribution in [0.5, 0.6) is 5.75 Å². The molecule has 0 aliphatic rings. The standard InChI is InChI=1S/C20H13ClN2O4/c1-26-18-5-3-2-4-16(18)23-20(25)12(10-22)8-13-11-27-17-7-6-14(21)9-15(17)19(13)24/h2-9,11H,1H3,(H,23,25). The summed E-state index contributed by atoms with van der Waals surface area (Å²) in [7, 11) is 1.47. The van der Waals surface area contributed by atoms with Crippen LogP contribution in [-0.2, 0) is 4.79 Å². The fraction of sp³-hybridized carbons (Fsp3) is 0.0500. The van der Waals surface area contributed by atoms with E-state index in [0.717, 1.165) is 0 Å². The Bertz CT molecular complexity index is 1160. The van der Waals surface area contributed by atoms with Gasteiger partial charge in [-0.25, -0.2) is 0 Å². The van der Waals surface area contributed by atoms with Crippen molar-refractivity contribution in [3.63, 3.8) is 0 Å². The maximum absolute atomic E-state index is 12.6. The van der Waals surface area contributed by atoms with Crippen LogP contribution in [0.4, 0.5) is 5.69 Å². The number of nitrogens with one attached hydrogen (secondary N) is 1. The van der Waals surface area contributed by atoms with E-state index in [1.165, 1.54) is 25.5 Å². The first-order valence-electron chi connectivity index (χ1n) is 7.80. The summed E-state index contributed by atoms with van der Waals surface area (Å²) in [6, 6.07) is 13.2. The molecular formula is C20H13ClN2O4. The Morgan fingerprint density at radius 2 is 2.07 bits per heavy atom. The summed E-state index contributed by atoms with van der Waals surface area (Å²) in [5, 5.41) is 12.6. The number of ether oxygens (including phenoxy) is 1. The number of methoxy groups -OCH3 is 1. The summed E-state index contributed by atoms with van der Waals surface area (Å²) in [4.78, 5) is 25.0. The second-order valence-corrected chi connectivity index (χ2v) is 5.92. The number of nitriles is 1. The van der Waals surface area contributed by atoms with Crippen molar-refractivity contribution >= 4 is 40.2 Å². The van der Waals surface area contributed by atoms with Gasteiger partial charge in [-0.1, -0.05) is 23.7 Å². The second kappa shape index (κ2) is 7.77. The van der Waals surface area contributed by atoms with Crippen LogP contribution in [0.15, 0.2) is 63.5 Å². The Hall–Kier alpha value is -3.56. The molecule has 7 heteroatoms. The molecule has 2 aromatic carbocycles. The zero-order valence-electron chi connectivity index (χ0n) is 14.2. The molecule has 0 radical (unpaired) electrons. The number of amides is 1. The lowest BCUT2D eigenvalue weighted by Gasteiger charge is -2.09. The van der Waals surface area contributed by atoms with Gasteiger partial charge < -0.3 is 14.5 Å². The van der Waals surface area contributed by atoms with Crippen LogP contribution in [0.25, 0.3) is 17.0 Å². The Morgan fingerprint density at radius 3 is 2.81 bits per heavy atom. The molecule has 27 heavy (non-hydrogen) atoms. The molecule has 134 valence electrons.